The van der Waals surface area contributed by atoms with Crippen molar-refractivity contribution in [2.45, 2.75) is 26.6 Å². The number of nitriles is 1. The van der Waals surface area contributed by atoms with E-state index in [0.29, 0.717) is 36.3 Å². The second-order valence-corrected chi connectivity index (χ2v) is 8.92. The minimum absolute atomic E-state index is 0.299. The molecule has 186 valence electrons. The lowest BCUT2D eigenvalue weighted by atomic mass is 9.94. The van der Waals surface area contributed by atoms with Gasteiger partial charge in [-0.3, -0.25) is 4.90 Å². The van der Waals surface area contributed by atoms with Crippen LogP contribution in [0.5, 0.6) is 0 Å². The minimum atomic E-state index is -0.627. The Hall–Kier alpha value is -4.34. The molecule has 0 aromatic heterocycles. The zero-order valence-corrected chi connectivity index (χ0v) is 20.7. The maximum absolute atomic E-state index is 13.9. The van der Waals surface area contributed by atoms with E-state index in [2.05, 4.69) is 11.0 Å². The summed E-state index contributed by atoms with van der Waals surface area (Å²) in [6.07, 6.45) is 0. The summed E-state index contributed by atoms with van der Waals surface area (Å²) in [5.41, 5.74) is 6.13. The smallest absolute Gasteiger partial charge is 0.338 e. The first kappa shape index (κ1) is 25.7. The Kier molecular flexibility index (Phi) is 8.07. The van der Waals surface area contributed by atoms with E-state index in [1.54, 1.807) is 18.2 Å². The van der Waals surface area contributed by atoms with Crippen LogP contribution in [0.25, 0.3) is 11.1 Å². The summed E-state index contributed by atoms with van der Waals surface area (Å²) in [6, 6.07) is 26.3. The van der Waals surface area contributed by atoms with E-state index < -0.39 is 17.6 Å². The van der Waals surface area contributed by atoms with Gasteiger partial charge in [-0.2, -0.15) is 5.26 Å². The van der Waals surface area contributed by atoms with E-state index in [1.165, 1.54) is 19.2 Å². The van der Waals surface area contributed by atoms with E-state index in [9.17, 15) is 13.6 Å². The average Bonchev–Trinajstić information content (AvgIpc) is 2.88. The molecule has 0 spiro atoms. The average molecular weight is 497 g/mol. The zero-order valence-electron chi connectivity index (χ0n) is 20.7. The van der Waals surface area contributed by atoms with Crippen molar-refractivity contribution in [1.29, 1.82) is 5.26 Å². The molecule has 4 rings (SSSR count). The third-order valence-electron chi connectivity index (χ3n) is 6.15. The number of methoxy groups -OCH3 is 1. The lowest BCUT2D eigenvalue weighted by Gasteiger charge is -2.24. The third kappa shape index (κ3) is 6.46. The molecule has 0 N–H and O–H groups in total. The van der Waals surface area contributed by atoms with Crippen LogP contribution in [0.3, 0.4) is 0 Å². The van der Waals surface area contributed by atoms with Crippen molar-refractivity contribution in [3.05, 3.63) is 130 Å². The second-order valence-electron chi connectivity index (χ2n) is 8.92. The van der Waals surface area contributed by atoms with E-state index in [0.717, 1.165) is 33.9 Å². The number of esters is 1. The summed E-state index contributed by atoms with van der Waals surface area (Å²) in [6.45, 7) is 3.23. The normalized spacial score (nSPS) is 10.8. The number of rotatable bonds is 8. The molecule has 0 radical (unpaired) electrons. The van der Waals surface area contributed by atoms with E-state index in [1.807, 2.05) is 55.5 Å². The van der Waals surface area contributed by atoms with Crippen LogP contribution in [0.2, 0.25) is 0 Å². The molecule has 37 heavy (non-hydrogen) atoms. The quantitative estimate of drug-likeness (QED) is 0.252. The first-order valence-electron chi connectivity index (χ1n) is 11.8. The molecule has 4 aromatic rings. The number of nitrogens with zero attached hydrogens (tertiary/aromatic N) is 2. The van der Waals surface area contributed by atoms with Gasteiger partial charge in [-0.05, 0) is 76.7 Å². The minimum Gasteiger partial charge on any atom is -0.465 e. The molecular weight excluding hydrogens is 470 g/mol. The number of hydrogen-bond donors (Lipinski definition) is 0. The molecule has 0 aliphatic heterocycles. The van der Waals surface area contributed by atoms with Crippen molar-refractivity contribution >= 4 is 5.97 Å². The Balaban J connectivity index is 1.70. The zero-order chi connectivity index (χ0) is 26.4. The molecule has 4 aromatic carbocycles. The maximum atomic E-state index is 13.9. The highest BCUT2D eigenvalue weighted by molar-refractivity contribution is 5.97. The number of benzene rings is 4. The summed E-state index contributed by atoms with van der Waals surface area (Å²) in [5.74, 6) is -1.68. The van der Waals surface area contributed by atoms with E-state index in [4.69, 9.17) is 10.00 Å². The van der Waals surface area contributed by atoms with Crippen molar-refractivity contribution < 1.29 is 18.3 Å². The van der Waals surface area contributed by atoms with Gasteiger partial charge in [-0.15, -0.1) is 0 Å². The lowest BCUT2D eigenvalue weighted by molar-refractivity contribution is 0.0601. The standard InChI is InChI=1S/C31H26F2N2O2/c1-21-5-3-4-6-28(21)30-15-24(11-12-29(30)31(36)37-2)19-35(18-23-9-7-22(17-34)8-10-23)20-25-13-26(32)16-27(33)14-25/h3-16H,18-20H2,1-2H3. The topological polar surface area (TPSA) is 53.3 Å². The summed E-state index contributed by atoms with van der Waals surface area (Å²) in [4.78, 5) is 14.6. The molecular formula is C31H26F2N2O2. The number of halogens is 2. The Bertz CT molecular complexity index is 1440. The van der Waals surface area contributed by atoms with Crippen molar-refractivity contribution in [2.24, 2.45) is 0 Å². The molecule has 0 bridgehead atoms. The van der Waals surface area contributed by atoms with Crippen LogP contribution >= 0.6 is 0 Å². The van der Waals surface area contributed by atoms with Crippen LogP contribution in [0.1, 0.15) is 38.2 Å². The highest BCUT2D eigenvalue weighted by atomic mass is 19.1. The number of carbonyl (C=O) groups is 1. The van der Waals surface area contributed by atoms with Crippen molar-refractivity contribution in [3.63, 3.8) is 0 Å². The molecule has 0 fully saturated rings. The molecule has 0 saturated heterocycles. The van der Waals surface area contributed by atoms with Gasteiger partial charge in [-0.1, -0.05) is 42.5 Å². The van der Waals surface area contributed by atoms with Crippen molar-refractivity contribution in [2.75, 3.05) is 7.11 Å². The van der Waals surface area contributed by atoms with Crippen LogP contribution in [0.4, 0.5) is 8.78 Å². The van der Waals surface area contributed by atoms with E-state index >= 15 is 0 Å². The van der Waals surface area contributed by atoms with Crippen LogP contribution in [-0.2, 0) is 24.4 Å². The Morgan fingerprint density at radius 2 is 1.43 bits per heavy atom. The molecule has 0 aliphatic rings. The van der Waals surface area contributed by atoms with Gasteiger partial charge in [0.1, 0.15) is 11.6 Å². The molecule has 0 unspecified atom stereocenters. The summed E-state index contributed by atoms with van der Waals surface area (Å²) < 4.78 is 32.8. The largest absolute Gasteiger partial charge is 0.465 e. The maximum Gasteiger partial charge on any atom is 0.338 e. The SMILES string of the molecule is COC(=O)c1ccc(CN(Cc2ccc(C#N)cc2)Cc2cc(F)cc(F)c2)cc1-c1ccccc1C. The lowest BCUT2D eigenvalue weighted by Crippen LogP contribution is -2.23. The predicted octanol–water partition coefficient (Wildman–Crippen LogP) is 6.80. The molecule has 0 atom stereocenters. The van der Waals surface area contributed by atoms with Gasteiger partial charge in [-0.25, -0.2) is 13.6 Å². The summed E-state index contributed by atoms with van der Waals surface area (Å²) in [5, 5.41) is 9.11. The summed E-state index contributed by atoms with van der Waals surface area (Å²) in [7, 11) is 1.36. The number of carbonyl (C=O) groups excluding carboxylic acids is 1. The number of hydrogen-bond acceptors (Lipinski definition) is 4. The molecule has 0 heterocycles. The first-order valence-corrected chi connectivity index (χ1v) is 11.8. The molecule has 0 aliphatic carbocycles. The van der Waals surface area contributed by atoms with Gasteiger partial charge in [0.2, 0.25) is 0 Å². The van der Waals surface area contributed by atoms with Gasteiger partial charge >= 0.3 is 5.97 Å². The van der Waals surface area contributed by atoms with Crippen LogP contribution in [0, 0.1) is 29.9 Å². The fourth-order valence-corrected chi connectivity index (χ4v) is 4.40. The fourth-order valence-electron chi connectivity index (χ4n) is 4.40. The van der Waals surface area contributed by atoms with E-state index in [-0.39, 0.29) is 0 Å². The Labute approximate surface area is 215 Å². The third-order valence-corrected chi connectivity index (χ3v) is 6.15. The number of aryl methyl sites for hydroxylation is 1. The molecule has 6 heteroatoms. The van der Waals surface area contributed by atoms with Gasteiger partial charge in [0.25, 0.3) is 0 Å². The molecule has 0 saturated carbocycles. The molecule has 4 nitrogen and oxygen atoms in total. The van der Waals surface area contributed by atoms with Crippen LogP contribution in [-0.4, -0.2) is 18.0 Å². The van der Waals surface area contributed by atoms with Gasteiger partial charge < -0.3 is 4.74 Å². The second kappa shape index (κ2) is 11.6. The number of ether oxygens (including phenoxy) is 1. The Morgan fingerprint density at radius 1 is 0.811 bits per heavy atom. The van der Waals surface area contributed by atoms with Gasteiger partial charge in [0.05, 0.1) is 24.3 Å². The van der Waals surface area contributed by atoms with Crippen LogP contribution in [0.15, 0.2) is 84.9 Å². The summed E-state index contributed by atoms with van der Waals surface area (Å²) >= 11 is 0. The highest BCUT2D eigenvalue weighted by Gasteiger charge is 2.17. The van der Waals surface area contributed by atoms with Gasteiger partial charge in [0.15, 0.2) is 0 Å². The van der Waals surface area contributed by atoms with Gasteiger partial charge in [0, 0.05) is 25.7 Å². The first-order chi connectivity index (χ1) is 17.9. The van der Waals surface area contributed by atoms with Crippen molar-refractivity contribution in [1.82, 2.24) is 4.90 Å². The van der Waals surface area contributed by atoms with Crippen LogP contribution < -0.4 is 0 Å². The molecule has 0 amide bonds. The predicted molar refractivity (Wildman–Crippen MR) is 138 cm³/mol. The monoisotopic (exact) mass is 496 g/mol. The fraction of sp³-hybridized carbons (Fsp3) is 0.161. The Morgan fingerprint density at radius 3 is 2.08 bits per heavy atom. The van der Waals surface area contributed by atoms with Crippen molar-refractivity contribution in [3.8, 4) is 17.2 Å². The highest BCUT2D eigenvalue weighted by Crippen LogP contribution is 2.29.